The smallest absolute Gasteiger partial charge is 0.261 e. The lowest BCUT2D eigenvalue weighted by molar-refractivity contribution is -0.143. The second-order valence-corrected chi connectivity index (χ2v) is 8.46. The van der Waals surface area contributed by atoms with Crippen molar-refractivity contribution in [2.24, 2.45) is 0 Å². The summed E-state index contributed by atoms with van der Waals surface area (Å²) in [6.07, 6.45) is 0.402. The first-order chi connectivity index (χ1) is 15.7. The van der Waals surface area contributed by atoms with Crippen LogP contribution < -0.4 is 19.5 Å². The Bertz CT molecular complexity index is 925. The lowest BCUT2D eigenvalue weighted by atomic mass is 10.1. The van der Waals surface area contributed by atoms with Gasteiger partial charge in [0.2, 0.25) is 5.91 Å². The Balaban J connectivity index is 2.31. The van der Waals surface area contributed by atoms with Gasteiger partial charge in [-0.15, -0.1) is 0 Å². The van der Waals surface area contributed by atoms with Crippen molar-refractivity contribution >= 4 is 35.0 Å². The first-order valence-corrected chi connectivity index (χ1v) is 11.3. The van der Waals surface area contributed by atoms with Gasteiger partial charge in [-0.3, -0.25) is 9.59 Å². The number of hydrogen-bond acceptors (Lipinski definition) is 5. The molecule has 7 nitrogen and oxygen atoms in total. The number of carbonyl (C=O) groups is 2. The molecule has 180 valence electrons. The molecule has 33 heavy (non-hydrogen) atoms. The van der Waals surface area contributed by atoms with Crippen molar-refractivity contribution in [2.45, 2.75) is 45.8 Å². The fourth-order valence-electron chi connectivity index (χ4n) is 3.25. The monoisotopic (exact) mass is 496 g/mol. The van der Waals surface area contributed by atoms with Crippen LogP contribution in [0, 0.1) is 0 Å². The molecule has 2 amide bonds. The molecule has 0 aliphatic carbocycles. The Kier molecular flexibility index (Phi) is 10.1. The lowest BCUT2D eigenvalue weighted by Crippen LogP contribution is -2.51. The molecule has 0 fully saturated rings. The van der Waals surface area contributed by atoms with Crippen molar-refractivity contribution in [1.82, 2.24) is 10.2 Å². The molecule has 0 radical (unpaired) electrons. The van der Waals surface area contributed by atoms with Crippen LogP contribution in [-0.2, 0) is 16.1 Å². The molecule has 1 N–H and O–H groups in total. The average molecular weight is 497 g/mol. The highest BCUT2D eigenvalue weighted by molar-refractivity contribution is 6.36. The van der Waals surface area contributed by atoms with Gasteiger partial charge in [-0.2, -0.15) is 0 Å². The molecule has 0 saturated heterocycles. The van der Waals surface area contributed by atoms with E-state index in [4.69, 9.17) is 37.4 Å². The number of halogens is 2. The summed E-state index contributed by atoms with van der Waals surface area (Å²) in [6.45, 7) is 5.32. The Morgan fingerprint density at radius 3 is 2.03 bits per heavy atom. The first-order valence-electron chi connectivity index (χ1n) is 10.6. The molecule has 0 aliphatic heterocycles. The van der Waals surface area contributed by atoms with Gasteiger partial charge >= 0.3 is 0 Å². The molecule has 2 aromatic rings. The van der Waals surface area contributed by atoms with Gasteiger partial charge in [0.25, 0.3) is 5.91 Å². The van der Waals surface area contributed by atoms with Crippen LogP contribution in [0.3, 0.4) is 0 Å². The van der Waals surface area contributed by atoms with Gasteiger partial charge in [-0.25, -0.2) is 0 Å². The van der Waals surface area contributed by atoms with Crippen LogP contribution in [0.25, 0.3) is 0 Å². The molecule has 0 bridgehead atoms. The number of hydrogen-bond donors (Lipinski definition) is 1. The van der Waals surface area contributed by atoms with E-state index in [1.54, 1.807) is 36.4 Å². The van der Waals surface area contributed by atoms with Gasteiger partial charge in [0.05, 0.1) is 14.2 Å². The van der Waals surface area contributed by atoms with Crippen molar-refractivity contribution in [3.8, 4) is 17.2 Å². The minimum absolute atomic E-state index is 0.0617. The predicted molar refractivity (Wildman–Crippen MR) is 129 cm³/mol. The topological polar surface area (TPSA) is 77.1 Å². The molecule has 0 aromatic heterocycles. The third-order valence-electron chi connectivity index (χ3n) is 4.89. The maximum Gasteiger partial charge on any atom is 0.261 e. The average Bonchev–Trinajstić information content (AvgIpc) is 2.78. The summed E-state index contributed by atoms with van der Waals surface area (Å²) >= 11 is 12.7. The molecule has 0 saturated carbocycles. The Labute approximate surface area is 204 Å². The van der Waals surface area contributed by atoms with E-state index in [2.05, 4.69) is 5.32 Å². The summed E-state index contributed by atoms with van der Waals surface area (Å²) in [4.78, 5) is 27.6. The lowest BCUT2D eigenvalue weighted by Gasteiger charge is -2.31. The molecular formula is C24H30Cl2N2O5. The van der Waals surface area contributed by atoms with Gasteiger partial charge in [0.1, 0.15) is 23.3 Å². The van der Waals surface area contributed by atoms with Gasteiger partial charge in [0.15, 0.2) is 6.61 Å². The summed E-state index contributed by atoms with van der Waals surface area (Å²) in [5.41, 5.74) is 0.563. The van der Waals surface area contributed by atoms with Crippen molar-refractivity contribution in [1.29, 1.82) is 0 Å². The zero-order chi connectivity index (χ0) is 24.5. The minimum atomic E-state index is -0.726. The number of methoxy groups -OCH3 is 2. The van der Waals surface area contributed by atoms with Crippen LogP contribution in [0.1, 0.15) is 32.8 Å². The third kappa shape index (κ3) is 7.44. The highest BCUT2D eigenvalue weighted by Crippen LogP contribution is 2.29. The quantitative estimate of drug-likeness (QED) is 0.486. The number of nitrogens with zero attached hydrogens (tertiary/aromatic N) is 1. The Morgan fingerprint density at radius 2 is 1.55 bits per heavy atom. The van der Waals surface area contributed by atoms with Crippen molar-refractivity contribution in [3.63, 3.8) is 0 Å². The van der Waals surface area contributed by atoms with E-state index >= 15 is 0 Å². The molecule has 9 heteroatoms. The van der Waals surface area contributed by atoms with Crippen LogP contribution in [0.15, 0.2) is 36.4 Å². The van der Waals surface area contributed by atoms with Crippen LogP contribution in [-0.4, -0.2) is 49.6 Å². The van der Waals surface area contributed by atoms with Crippen molar-refractivity contribution in [3.05, 3.63) is 52.0 Å². The highest BCUT2D eigenvalue weighted by atomic mass is 35.5. The van der Waals surface area contributed by atoms with E-state index in [0.717, 1.165) is 0 Å². The molecule has 0 heterocycles. The Hall–Kier alpha value is -2.64. The molecule has 1 atom stereocenters. The molecule has 0 aliphatic rings. The number of amides is 2. The molecule has 2 rings (SSSR count). The van der Waals surface area contributed by atoms with E-state index in [-0.39, 0.29) is 25.1 Å². The number of nitrogens with one attached hydrogen (secondary N) is 1. The summed E-state index contributed by atoms with van der Waals surface area (Å²) in [5.74, 6) is 0.805. The van der Waals surface area contributed by atoms with Gasteiger partial charge in [-0.1, -0.05) is 36.2 Å². The fraction of sp³-hybridized carbons (Fsp3) is 0.417. The zero-order valence-corrected chi connectivity index (χ0v) is 21.0. The van der Waals surface area contributed by atoms with Crippen LogP contribution in [0.4, 0.5) is 0 Å². The van der Waals surface area contributed by atoms with Gasteiger partial charge in [0, 0.05) is 46.4 Å². The number of ether oxygens (including phenoxy) is 3. The van der Waals surface area contributed by atoms with Crippen LogP contribution >= 0.6 is 23.2 Å². The number of benzene rings is 2. The minimum Gasteiger partial charge on any atom is -0.496 e. The van der Waals surface area contributed by atoms with E-state index in [1.165, 1.54) is 19.1 Å². The fourth-order valence-corrected chi connectivity index (χ4v) is 3.76. The maximum atomic E-state index is 13.3. The summed E-state index contributed by atoms with van der Waals surface area (Å²) in [5, 5.41) is 3.70. The van der Waals surface area contributed by atoms with E-state index in [9.17, 15) is 9.59 Å². The standard InChI is InChI=1S/C24H30Cl2N2O5/c1-6-22(24(30)27-15(2)3)28(13-19-20(25)8-7-9-21(19)26)23(29)14-33-18-11-16(31-4)10-17(12-18)32-5/h7-12,15,22H,6,13-14H2,1-5H3,(H,27,30)/t22-/m1/s1. The SMILES string of the molecule is CC[C@H](C(=O)NC(C)C)N(Cc1c(Cl)cccc1Cl)C(=O)COc1cc(OC)cc(OC)c1. The van der Waals surface area contributed by atoms with Gasteiger partial charge in [-0.05, 0) is 32.4 Å². The number of carbonyl (C=O) groups excluding carboxylic acids is 2. The normalized spacial score (nSPS) is 11.6. The van der Waals surface area contributed by atoms with E-state index < -0.39 is 11.9 Å². The molecule has 0 spiro atoms. The molecular weight excluding hydrogens is 467 g/mol. The van der Waals surface area contributed by atoms with Crippen molar-refractivity contribution < 1.29 is 23.8 Å². The second-order valence-electron chi connectivity index (χ2n) is 7.65. The van der Waals surface area contributed by atoms with Crippen LogP contribution in [0.5, 0.6) is 17.2 Å². The Morgan fingerprint density at radius 1 is 1.00 bits per heavy atom. The summed E-state index contributed by atoms with van der Waals surface area (Å²) < 4.78 is 16.2. The highest BCUT2D eigenvalue weighted by Gasteiger charge is 2.30. The van der Waals surface area contributed by atoms with E-state index in [1.807, 2.05) is 20.8 Å². The van der Waals surface area contributed by atoms with Gasteiger partial charge < -0.3 is 24.4 Å². The summed E-state index contributed by atoms with van der Waals surface area (Å²) in [6, 6.07) is 9.30. The maximum absolute atomic E-state index is 13.3. The second kappa shape index (κ2) is 12.6. The summed E-state index contributed by atoms with van der Waals surface area (Å²) in [7, 11) is 3.05. The molecule has 2 aromatic carbocycles. The molecule has 0 unspecified atom stereocenters. The third-order valence-corrected chi connectivity index (χ3v) is 5.60. The predicted octanol–water partition coefficient (Wildman–Crippen LogP) is 4.72. The van der Waals surface area contributed by atoms with Crippen LogP contribution in [0.2, 0.25) is 10.0 Å². The zero-order valence-electron chi connectivity index (χ0n) is 19.5. The van der Waals surface area contributed by atoms with Crippen molar-refractivity contribution in [2.75, 3.05) is 20.8 Å². The first kappa shape index (κ1) is 26.6. The van der Waals surface area contributed by atoms with E-state index in [0.29, 0.717) is 39.3 Å². The largest absolute Gasteiger partial charge is 0.496 e. The number of rotatable bonds is 11.